The quantitative estimate of drug-likeness (QED) is 0.202. The molecule has 5 atom stereocenters. The van der Waals surface area contributed by atoms with Crippen LogP contribution in [0.3, 0.4) is 0 Å². The van der Waals surface area contributed by atoms with Crippen LogP contribution in [0, 0.1) is 0 Å². The number of carbonyl (C=O) groups excluding carboxylic acids is 2. The van der Waals surface area contributed by atoms with Gasteiger partial charge in [-0.15, -0.1) is 0 Å². The second-order valence-corrected chi connectivity index (χ2v) is 11.6. The lowest BCUT2D eigenvalue weighted by atomic mass is 10.1. The first-order valence-corrected chi connectivity index (χ1v) is 15.4. The number of phenolic OH excluding ortho intramolecular Hbond substituents is 2. The summed E-state index contributed by atoms with van der Waals surface area (Å²) >= 11 is 0. The zero-order valence-electron chi connectivity index (χ0n) is 26.0. The maximum Gasteiger partial charge on any atom is 0.338 e. The summed E-state index contributed by atoms with van der Waals surface area (Å²) in [4.78, 5) is 26.0. The fourth-order valence-corrected chi connectivity index (χ4v) is 5.57. The summed E-state index contributed by atoms with van der Waals surface area (Å²) < 4.78 is 11.4. The number of ether oxygens (including phenoxy) is 2. The highest BCUT2D eigenvalue weighted by Gasteiger charge is 2.27. The van der Waals surface area contributed by atoms with Crippen molar-refractivity contribution in [2.45, 2.75) is 38.1 Å². The number of hydrazine groups is 1. The molecule has 48 heavy (non-hydrogen) atoms. The van der Waals surface area contributed by atoms with Crippen molar-refractivity contribution in [2.24, 2.45) is 10.2 Å². The van der Waals surface area contributed by atoms with Gasteiger partial charge in [-0.1, -0.05) is 53.7 Å². The summed E-state index contributed by atoms with van der Waals surface area (Å²) in [5, 5.41) is 32.0. The molecule has 3 aromatic carbocycles. The summed E-state index contributed by atoms with van der Waals surface area (Å²) in [6.07, 6.45) is 14.0. The Morgan fingerprint density at radius 3 is 2.06 bits per heavy atom. The van der Waals surface area contributed by atoms with E-state index in [4.69, 9.17) is 9.47 Å². The molecule has 0 saturated heterocycles. The molecule has 2 aliphatic heterocycles. The number of nitrogens with zero attached hydrogens (tertiary/aromatic N) is 4. The average molecular weight is 645 g/mol. The van der Waals surface area contributed by atoms with Crippen LogP contribution in [0.15, 0.2) is 119 Å². The van der Waals surface area contributed by atoms with Crippen molar-refractivity contribution in [3.63, 3.8) is 0 Å². The molecule has 2 aliphatic carbocycles. The summed E-state index contributed by atoms with van der Waals surface area (Å²) in [6, 6.07) is 15.6. The van der Waals surface area contributed by atoms with Gasteiger partial charge in [-0.2, -0.15) is 15.6 Å². The zero-order chi connectivity index (χ0) is 33.4. The van der Waals surface area contributed by atoms with Crippen LogP contribution in [0.4, 0.5) is 11.4 Å². The van der Waals surface area contributed by atoms with Gasteiger partial charge in [-0.05, 0) is 85.6 Å². The predicted octanol–water partition coefficient (Wildman–Crippen LogP) is 4.78. The SMILES string of the molecule is CC(OC(=O)c1ccc(C(=O)OC(C)c2ccc(O)c([NH+]3N=C4C=CC=CC4[N-]3)c2)cc1)c1ccc(O)c(N2N=C3C=CC=CC3N2)c1. The van der Waals surface area contributed by atoms with E-state index in [1.807, 2.05) is 48.6 Å². The summed E-state index contributed by atoms with van der Waals surface area (Å²) in [6.45, 7) is 3.47. The minimum absolute atomic E-state index is 0.0222. The molecular weight excluding hydrogens is 612 g/mol. The number of aromatic hydroxyl groups is 2. The highest BCUT2D eigenvalue weighted by atomic mass is 16.5. The van der Waals surface area contributed by atoms with Gasteiger partial charge in [-0.25, -0.2) is 14.7 Å². The van der Waals surface area contributed by atoms with Gasteiger partial charge in [-0.3, -0.25) is 0 Å². The molecule has 3 aromatic rings. The van der Waals surface area contributed by atoms with Gasteiger partial charge in [0.05, 0.1) is 28.6 Å². The van der Waals surface area contributed by atoms with Crippen LogP contribution in [0.25, 0.3) is 5.43 Å². The number of phenols is 2. The topological polar surface area (TPSA) is 152 Å². The molecule has 12 nitrogen and oxygen atoms in total. The van der Waals surface area contributed by atoms with Crippen LogP contribution in [0.5, 0.6) is 11.5 Å². The number of carbonyl (C=O) groups is 2. The lowest BCUT2D eigenvalue weighted by Gasteiger charge is -2.24. The third-order valence-corrected chi connectivity index (χ3v) is 8.30. The fraction of sp³-hybridized carbons (Fsp3) is 0.167. The van der Waals surface area contributed by atoms with E-state index in [1.165, 1.54) is 41.5 Å². The first kappa shape index (κ1) is 30.8. The largest absolute Gasteiger partial charge is 0.506 e. The molecule has 0 radical (unpaired) electrons. The van der Waals surface area contributed by atoms with Gasteiger partial charge in [0.2, 0.25) is 0 Å². The van der Waals surface area contributed by atoms with Crippen molar-refractivity contribution >= 4 is 34.7 Å². The van der Waals surface area contributed by atoms with E-state index in [9.17, 15) is 19.8 Å². The third kappa shape index (κ3) is 6.15. The summed E-state index contributed by atoms with van der Waals surface area (Å²) in [5.74, 6) is -1.10. The van der Waals surface area contributed by atoms with Crippen molar-refractivity contribution in [3.8, 4) is 11.5 Å². The number of hydrogen-bond donors (Lipinski definition) is 4. The van der Waals surface area contributed by atoms with Gasteiger partial charge in [0.1, 0.15) is 23.6 Å². The normalized spacial score (nSPS) is 21.6. The van der Waals surface area contributed by atoms with Gasteiger partial charge in [0, 0.05) is 6.07 Å². The highest BCUT2D eigenvalue weighted by Crippen LogP contribution is 2.33. The van der Waals surface area contributed by atoms with Crippen molar-refractivity contribution in [1.29, 1.82) is 0 Å². The number of benzene rings is 3. The van der Waals surface area contributed by atoms with Crippen LogP contribution in [-0.4, -0.2) is 45.7 Å². The van der Waals surface area contributed by atoms with Crippen molar-refractivity contribution in [3.05, 3.63) is 137 Å². The third-order valence-electron chi connectivity index (χ3n) is 8.30. The molecule has 2 heterocycles. The van der Waals surface area contributed by atoms with Gasteiger partial charge in [0.15, 0.2) is 11.4 Å². The fourth-order valence-electron chi connectivity index (χ4n) is 5.57. The Hall–Kier alpha value is -5.82. The van der Waals surface area contributed by atoms with E-state index in [1.54, 1.807) is 38.1 Å². The molecule has 242 valence electrons. The first-order chi connectivity index (χ1) is 23.2. The molecule has 4 N–H and O–H groups in total. The Morgan fingerprint density at radius 2 is 1.42 bits per heavy atom. The number of anilines is 1. The van der Waals surface area contributed by atoms with Crippen LogP contribution < -0.4 is 15.7 Å². The molecule has 12 heteroatoms. The van der Waals surface area contributed by atoms with E-state index in [0.29, 0.717) is 27.6 Å². The molecule has 0 bridgehead atoms. The number of allylic oxidation sites excluding steroid dienone is 4. The van der Waals surface area contributed by atoms with Gasteiger partial charge in [0.25, 0.3) is 0 Å². The van der Waals surface area contributed by atoms with Gasteiger partial charge < -0.3 is 25.1 Å². The minimum atomic E-state index is -0.645. The smallest absolute Gasteiger partial charge is 0.338 e. The number of nitrogens with one attached hydrogen (secondary N) is 2. The molecule has 5 unspecified atom stereocenters. The Balaban J connectivity index is 0.973. The zero-order valence-corrected chi connectivity index (χ0v) is 26.0. The van der Waals surface area contributed by atoms with Crippen LogP contribution in [0.1, 0.15) is 57.9 Å². The number of fused-ring (bicyclic) bond motifs is 2. The Bertz CT molecular complexity index is 1820. The summed E-state index contributed by atoms with van der Waals surface area (Å²) in [7, 11) is 0. The average Bonchev–Trinajstić information content (AvgIpc) is 3.73. The predicted molar refractivity (Wildman–Crippen MR) is 179 cm³/mol. The first-order valence-electron chi connectivity index (χ1n) is 15.4. The molecule has 7 rings (SSSR count). The minimum Gasteiger partial charge on any atom is -0.506 e. The lowest BCUT2D eigenvalue weighted by Crippen LogP contribution is -2.96. The molecule has 0 saturated carbocycles. The van der Waals surface area contributed by atoms with E-state index >= 15 is 0 Å². The van der Waals surface area contributed by atoms with Crippen LogP contribution in [0.2, 0.25) is 0 Å². The monoisotopic (exact) mass is 644 g/mol. The van der Waals surface area contributed by atoms with E-state index in [2.05, 4.69) is 21.1 Å². The Labute approximate surface area is 276 Å². The van der Waals surface area contributed by atoms with Crippen molar-refractivity contribution in [2.75, 3.05) is 5.12 Å². The number of quaternary nitrogens is 1. The van der Waals surface area contributed by atoms with E-state index in [-0.39, 0.29) is 34.7 Å². The van der Waals surface area contributed by atoms with Crippen molar-refractivity contribution in [1.82, 2.24) is 5.43 Å². The van der Waals surface area contributed by atoms with E-state index in [0.717, 1.165) is 11.4 Å². The molecule has 4 aliphatic rings. The molecule has 0 aromatic heterocycles. The molecule has 0 amide bonds. The Morgan fingerprint density at radius 1 is 0.812 bits per heavy atom. The van der Waals surface area contributed by atoms with Crippen molar-refractivity contribution < 1.29 is 34.4 Å². The van der Waals surface area contributed by atoms with Gasteiger partial charge >= 0.3 is 11.9 Å². The van der Waals surface area contributed by atoms with Crippen LogP contribution in [-0.2, 0) is 9.47 Å². The van der Waals surface area contributed by atoms with Crippen LogP contribution >= 0.6 is 0 Å². The second kappa shape index (κ2) is 12.8. The number of rotatable bonds is 8. The standard InChI is InChI=1S/C36H32N6O6/c1-21(25-15-17-33(43)31(19-25)41-37-27-7-3-4-8-28(27)38-41)47-35(45)23-11-13-24(14-12-23)36(46)48-22(2)26-16-18-34(44)32(20-26)42-39-29-9-5-6-10-30(29)40-42/h3-22,27,29,37,42-44H,1-2H3. The maximum atomic E-state index is 13.0. The number of hydrogen-bond acceptors (Lipinski definition) is 10. The number of hydrazone groups is 1. The second-order valence-electron chi connectivity index (χ2n) is 11.6. The maximum absolute atomic E-state index is 13.0. The highest BCUT2D eigenvalue weighted by molar-refractivity contribution is 6.04. The molecule has 0 fully saturated rings. The lowest BCUT2D eigenvalue weighted by molar-refractivity contribution is -0.795. The summed E-state index contributed by atoms with van der Waals surface area (Å²) in [5.41, 5.74) is 12.1. The number of esters is 2. The molecule has 0 spiro atoms. The molecular formula is C36H32N6O6. The van der Waals surface area contributed by atoms with E-state index < -0.39 is 24.1 Å². The Kier molecular flexibility index (Phi) is 8.19.